The second kappa shape index (κ2) is 13.2. The summed E-state index contributed by atoms with van der Waals surface area (Å²) in [6, 6.07) is 9.93. The van der Waals surface area contributed by atoms with Gasteiger partial charge in [-0.3, -0.25) is 4.99 Å². The third-order valence-corrected chi connectivity index (χ3v) is 3.84. The van der Waals surface area contributed by atoms with Crippen molar-refractivity contribution in [3.8, 4) is 0 Å². The first-order valence-electron chi connectivity index (χ1n) is 8.95. The topological polar surface area (TPSA) is 50.4 Å². The second-order valence-electron chi connectivity index (χ2n) is 5.94. The van der Waals surface area contributed by atoms with Gasteiger partial charge < -0.3 is 11.1 Å². The largest absolute Gasteiger partial charge is 0.370 e. The van der Waals surface area contributed by atoms with Gasteiger partial charge in [-0.1, -0.05) is 82.9 Å². The average molecular weight is 303 g/mol. The highest BCUT2D eigenvalue weighted by molar-refractivity contribution is 5.92. The summed E-state index contributed by atoms with van der Waals surface area (Å²) >= 11 is 0. The molecular formula is C19H33N3. The van der Waals surface area contributed by atoms with Crippen LogP contribution in [0.5, 0.6) is 0 Å². The SMILES string of the molecule is CCCCCCCCCCCCN=C(N)Nc1ccccc1. The Morgan fingerprint density at radius 3 is 2.00 bits per heavy atom. The van der Waals surface area contributed by atoms with Crippen molar-refractivity contribution < 1.29 is 0 Å². The number of benzene rings is 1. The maximum atomic E-state index is 5.86. The highest BCUT2D eigenvalue weighted by Gasteiger charge is 1.94. The van der Waals surface area contributed by atoms with Crippen LogP contribution in [-0.2, 0) is 0 Å². The van der Waals surface area contributed by atoms with Crippen LogP contribution in [0.15, 0.2) is 35.3 Å². The molecule has 124 valence electrons. The molecule has 0 aliphatic heterocycles. The molecule has 0 spiro atoms. The number of anilines is 1. The minimum absolute atomic E-state index is 0.516. The Bertz CT molecular complexity index is 387. The van der Waals surface area contributed by atoms with Gasteiger partial charge >= 0.3 is 0 Å². The van der Waals surface area contributed by atoms with Crippen molar-refractivity contribution in [3.05, 3.63) is 30.3 Å². The minimum Gasteiger partial charge on any atom is -0.370 e. The van der Waals surface area contributed by atoms with Gasteiger partial charge in [0.1, 0.15) is 0 Å². The molecule has 3 nitrogen and oxygen atoms in total. The third kappa shape index (κ3) is 10.3. The van der Waals surface area contributed by atoms with Crippen LogP contribution in [0.1, 0.15) is 71.1 Å². The molecule has 0 aromatic heterocycles. The van der Waals surface area contributed by atoms with Crippen LogP contribution in [0, 0.1) is 0 Å². The van der Waals surface area contributed by atoms with Crippen molar-refractivity contribution in [1.29, 1.82) is 0 Å². The molecule has 0 radical (unpaired) electrons. The van der Waals surface area contributed by atoms with Crippen LogP contribution in [0.3, 0.4) is 0 Å². The molecule has 3 N–H and O–H groups in total. The Kier molecular flexibility index (Phi) is 11.1. The Labute approximate surface area is 136 Å². The van der Waals surface area contributed by atoms with E-state index in [0.717, 1.165) is 18.7 Å². The monoisotopic (exact) mass is 303 g/mol. The maximum Gasteiger partial charge on any atom is 0.193 e. The van der Waals surface area contributed by atoms with E-state index in [9.17, 15) is 0 Å². The van der Waals surface area contributed by atoms with Crippen LogP contribution in [-0.4, -0.2) is 12.5 Å². The highest BCUT2D eigenvalue weighted by atomic mass is 15.1. The summed E-state index contributed by atoms with van der Waals surface area (Å²) in [5.74, 6) is 0.516. The predicted molar refractivity (Wildman–Crippen MR) is 98.4 cm³/mol. The molecule has 0 atom stereocenters. The van der Waals surface area contributed by atoms with Gasteiger partial charge in [0.2, 0.25) is 0 Å². The molecule has 1 rings (SSSR count). The van der Waals surface area contributed by atoms with E-state index in [1.165, 1.54) is 57.8 Å². The van der Waals surface area contributed by atoms with E-state index in [1.54, 1.807) is 0 Å². The molecule has 1 aromatic carbocycles. The van der Waals surface area contributed by atoms with E-state index >= 15 is 0 Å². The molecule has 3 heteroatoms. The summed E-state index contributed by atoms with van der Waals surface area (Å²) in [6.45, 7) is 3.09. The van der Waals surface area contributed by atoms with E-state index in [4.69, 9.17) is 5.73 Å². The van der Waals surface area contributed by atoms with Gasteiger partial charge in [0.25, 0.3) is 0 Å². The van der Waals surface area contributed by atoms with E-state index < -0.39 is 0 Å². The van der Waals surface area contributed by atoms with Gasteiger partial charge in [-0.05, 0) is 18.6 Å². The van der Waals surface area contributed by atoms with Gasteiger partial charge in [0, 0.05) is 12.2 Å². The van der Waals surface area contributed by atoms with Crippen LogP contribution in [0.4, 0.5) is 5.69 Å². The van der Waals surface area contributed by atoms with Gasteiger partial charge in [-0.15, -0.1) is 0 Å². The average Bonchev–Trinajstić information content (AvgIpc) is 2.53. The van der Waals surface area contributed by atoms with Crippen molar-refractivity contribution in [1.82, 2.24) is 0 Å². The van der Waals surface area contributed by atoms with Crippen molar-refractivity contribution in [2.75, 3.05) is 11.9 Å². The zero-order valence-electron chi connectivity index (χ0n) is 14.2. The molecule has 1 aromatic rings. The van der Waals surface area contributed by atoms with Crippen LogP contribution in [0.25, 0.3) is 0 Å². The summed E-state index contributed by atoms with van der Waals surface area (Å²) in [6.07, 6.45) is 13.5. The Morgan fingerprint density at radius 1 is 0.864 bits per heavy atom. The van der Waals surface area contributed by atoms with E-state index in [1.807, 2.05) is 30.3 Å². The molecule has 0 aliphatic carbocycles. The van der Waals surface area contributed by atoms with Gasteiger partial charge in [0.05, 0.1) is 0 Å². The van der Waals surface area contributed by atoms with E-state index in [2.05, 4.69) is 17.2 Å². The van der Waals surface area contributed by atoms with Crippen LogP contribution < -0.4 is 11.1 Å². The summed E-state index contributed by atoms with van der Waals surface area (Å²) < 4.78 is 0. The first-order valence-corrected chi connectivity index (χ1v) is 8.95. The lowest BCUT2D eigenvalue weighted by molar-refractivity contribution is 0.558. The zero-order chi connectivity index (χ0) is 15.9. The molecule has 0 amide bonds. The summed E-state index contributed by atoms with van der Waals surface area (Å²) in [5, 5.41) is 3.11. The normalized spacial score (nSPS) is 11.6. The first kappa shape index (κ1) is 18.5. The molecule has 0 aliphatic rings. The Morgan fingerprint density at radius 2 is 1.41 bits per heavy atom. The number of nitrogens with two attached hydrogens (primary N) is 1. The molecule has 0 saturated carbocycles. The third-order valence-electron chi connectivity index (χ3n) is 3.84. The molecular weight excluding hydrogens is 270 g/mol. The lowest BCUT2D eigenvalue weighted by Gasteiger charge is -2.05. The number of hydrogen-bond acceptors (Lipinski definition) is 1. The van der Waals surface area contributed by atoms with Crippen LogP contribution in [0.2, 0.25) is 0 Å². The summed E-state index contributed by atoms with van der Waals surface area (Å²) in [4.78, 5) is 4.37. The first-order chi connectivity index (χ1) is 10.8. The molecule has 0 unspecified atom stereocenters. The molecule has 0 fully saturated rings. The number of hydrogen-bond donors (Lipinski definition) is 2. The van der Waals surface area contributed by atoms with Crippen molar-refractivity contribution in [2.45, 2.75) is 71.1 Å². The van der Waals surface area contributed by atoms with Gasteiger partial charge in [-0.2, -0.15) is 0 Å². The quantitative estimate of drug-likeness (QED) is 0.311. The van der Waals surface area contributed by atoms with Crippen LogP contribution >= 0.6 is 0 Å². The maximum absolute atomic E-state index is 5.86. The standard InChI is InChI=1S/C19H33N3/c1-2-3-4-5-6-7-8-9-10-14-17-21-19(20)22-18-15-12-11-13-16-18/h11-13,15-16H,2-10,14,17H2,1H3,(H3,20,21,22). The lowest BCUT2D eigenvalue weighted by Crippen LogP contribution is -2.22. The summed E-state index contributed by atoms with van der Waals surface area (Å²) in [7, 11) is 0. The van der Waals surface area contributed by atoms with E-state index in [0.29, 0.717) is 5.96 Å². The number of rotatable bonds is 12. The van der Waals surface area contributed by atoms with Gasteiger partial charge in [-0.25, -0.2) is 0 Å². The zero-order valence-corrected chi connectivity index (χ0v) is 14.2. The number of para-hydroxylation sites is 1. The molecule has 0 saturated heterocycles. The highest BCUT2D eigenvalue weighted by Crippen LogP contribution is 2.10. The Hall–Kier alpha value is -1.51. The number of nitrogens with one attached hydrogen (secondary N) is 1. The number of guanidine groups is 1. The summed E-state index contributed by atoms with van der Waals surface area (Å²) in [5.41, 5.74) is 6.86. The lowest BCUT2D eigenvalue weighted by atomic mass is 10.1. The number of nitrogens with zero attached hydrogens (tertiary/aromatic N) is 1. The fraction of sp³-hybridized carbons (Fsp3) is 0.632. The fourth-order valence-electron chi connectivity index (χ4n) is 2.51. The fourth-order valence-corrected chi connectivity index (χ4v) is 2.51. The molecule has 0 bridgehead atoms. The van der Waals surface area contributed by atoms with Gasteiger partial charge in [0.15, 0.2) is 5.96 Å². The molecule has 0 heterocycles. The predicted octanol–water partition coefficient (Wildman–Crippen LogP) is 5.33. The number of aliphatic imine (C=N–C) groups is 1. The van der Waals surface area contributed by atoms with E-state index in [-0.39, 0.29) is 0 Å². The number of unbranched alkanes of at least 4 members (excludes halogenated alkanes) is 9. The molecule has 22 heavy (non-hydrogen) atoms. The Balaban J connectivity index is 1.93. The smallest absolute Gasteiger partial charge is 0.193 e. The second-order valence-corrected chi connectivity index (χ2v) is 5.94. The van der Waals surface area contributed by atoms with Crippen molar-refractivity contribution in [2.24, 2.45) is 10.7 Å². The minimum atomic E-state index is 0.516. The van der Waals surface area contributed by atoms with Crippen molar-refractivity contribution >= 4 is 11.6 Å². The van der Waals surface area contributed by atoms with Crippen molar-refractivity contribution in [3.63, 3.8) is 0 Å².